The Balaban J connectivity index is 2.88. The van der Waals surface area contributed by atoms with Crippen molar-refractivity contribution >= 4 is 11.5 Å². The van der Waals surface area contributed by atoms with E-state index in [4.69, 9.17) is 11.5 Å². The number of nitrogens with zero attached hydrogens (tertiary/aromatic N) is 2. The summed E-state index contributed by atoms with van der Waals surface area (Å²) in [5.74, 6) is 0.439. The first-order valence-corrected chi connectivity index (χ1v) is 4.34. The molecule has 2 unspecified atom stereocenters. The zero-order valence-corrected chi connectivity index (χ0v) is 7.94. The van der Waals surface area contributed by atoms with Crippen LogP contribution in [0.1, 0.15) is 26.5 Å². The van der Waals surface area contributed by atoms with E-state index in [0.29, 0.717) is 11.5 Å². The average Bonchev–Trinajstić information content (AvgIpc) is 2.45. The fraction of sp³-hybridized carbons (Fsp3) is 0.625. The second kappa shape index (κ2) is 3.66. The van der Waals surface area contributed by atoms with E-state index in [1.54, 1.807) is 0 Å². The highest BCUT2D eigenvalue weighted by Gasteiger charge is 2.17. The maximum Gasteiger partial charge on any atom is 0.151 e. The van der Waals surface area contributed by atoms with Crippen molar-refractivity contribution in [1.29, 1.82) is 0 Å². The van der Waals surface area contributed by atoms with Crippen LogP contribution < -0.4 is 11.5 Å². The van der Waals surface area contributed by atoms with Gasteiger partial charge < -0.3 is 16.6 Å². The van der Waals surface area contributed by atoms with Crippen molar-refractivity contribution in [3.63, 3.8) is 0 Å². The Labute approximate surface area is 77.3 Å². The zero-order chi connectivity index (χ0) is 10.0. The number of anilines is 2. The summed E-state index contributed by atoms with van der Waals surface area (Å²) < 4.78 is 1.35. The molecular formula is C8H16N4O. The first-order valence-electron chi connectivity index (χ1n) is 4.34. The molecule has 0 spiro atoms. The summed E-state index contributed by atoms with van der Waals surface area (Å²) in [5.41, 5.74) is 11.5. The van der Waals surface area contributed by atoms with Gasteiger partial charge in [0.2, 0.25) is 0 Å². The monoisotopic (exact) mass is 184 g/mol. The second-order valence-corrected chi connectivity index (χ2v) is 3.23. The maximum atomic E-state index is 9.75. The van der Waals surface area contributed by atoms with Gasteiger partial charge >= 0.3 is 0 Å². The summed E-state index contributed by atoms with van der Waals surface area (Å²) in [5, 5.41) is 13.6. The van der Waals surface area contributed by atoms with Gasteiger partial charge in [0, 0.05) is 5.92 Å². The Morgan fingerprint density at radius 3 is 2.62 bits per heavy atom. The normalized spacial score (nSPS) is 15.6. The SMILES string of the molecule is CCC(C)C(O)n1ncc(N)c1N. The van der Waals surface area contributed by atoms with Crippen molar-refractivity contribution in [3.05, 3.63) is 6.20 Å². The van der Waals surface area contributed by atoms with Crippen LogP contribution in [-0.2, 0) is 0 Å². The van der Waals surface area contributed by atoms with Crippen LogP contribution in [0.4, 0.5) is 11.5 Å². The highest BCUT2D eigenvalue weighted by molar-refractivity contribution is 5.57. The van der Waals surface area contributed by atoms with E-state index >= 15 is 0 Å². The fourth-order valence-corrected chi connectivity index (χ4v) is 1.05. The third kappa shape index (κ3) is 1.75. The molecular weight excluding hydrogens is 168 g/mol. The minimum Gasteiger partial charge on any atom is -0.394 e. The Morgan fingerprint density at radius 2 is 2.23 bits per heavy atom. The van der Waals surface area contributed by atoms with Gasteiger partial charge in [-0.05, 0) is 6.42 Å². The molecule has 0 aliphatic heterocycles. The van der Waals surface area contributed by atoms with Crippen molar-refractivity contribution in [2.24, 2.45) is 5.92 Å². The number of hydrogen-bond donors (Lipinski definition) is 3. The quantitative estimate of drug-likeness (QED) is 0.641. The first-order chi connectivity index (χ1) is 6.07. The molecule has 0 aliphatic rings. The smallest absolute Gasteiger partial charge is 0.151 e. The summed E-state index contributed by atoms with van der Waals surface area (Å²) >= 11 is 0. The highest BCUT2D eigenvalue weighted by Crippen LogP contribution is 2.23. The molecule has 1 rings (SSSR count). The Morgan fingerprint density at radius 1 is 1.62 bits per heavy atom. The van der Waals surface area contributed by atoms with E-state index in [-0.39, 0.29) is 5.92 Å². The first kappa shape index (κ1) is 9.85. The lowest BCUT2D eigenvalue weighted by Crippen LogP contribution is -2.19. The molecule has 5 N–H and O–H groups in total. The van der Waals surface area contributed by atoms with Crippen LogP contribution in [0.3, 0.4) is 0 Å². The summed E-state index contributed by atoms with van der Waals surface area (Å²) in [4.78, 5) is 0. The minimum atomic E-state index is -0.692. The van der Waals surface area contributed by atoms with Crippen molar-refractivity contribution in [2.45, 2.75) is 26.5 Å². The Kier molecular flexibility index (Phi) is 2.77. The molecule has 0 radical (unpaired) electrons. The van der Waals surface area contributed by atoms with Crippen LogP contribution in [0.15, 0.2) is 6.20 Å². The van der Waals surface area contributed by atoms with Gasteiger partial charge in [-0.1, -0.05) is 13.8 Å². The lowest BCUT2D eigenvalue weighted by atomic mass is 10.1. The second-order valence-electron chi connectivity index (χ2n) is 3.23. The van der Waals surface area contributed by atoms with E-state index in [2.05, 4.69) is 5.10 Å². The van der Waals surface area contributed by atoms with Crippen LogP contribution in [0.2, 0.25) is 0 Å². The average molecular weight is 184 g/mol. The standard InChI is InChI=1S/C8H16N4O/c1-3-5(2)8(13)12-7(10)6(9)4-11-12/h4-5,8,13H,3,9-10H2,1-2H3. The lowest BCUT2D eigenvalue weighted by Gasteiger charge is -2.18. The van der Waals surface area contributed by atoms with Crippen LogP contribution in [0.5, 0.6) is 0 Å². The Bertz CT molecular complexity index is 284. The third-order valence-electron chi connectivity index (χ3n) is 2.27. The van der Waals surface area contributed by atoms with Crippen LogP contribution in [-0.4, -0.2) is 14.9 Å². The van der Waals surface area contributed by atoms with Crippen LogP contribution in [0.25, 0.3) is 0 Å². The van der Waals surface area contributed by atoms with Gasteiger partial charge in [0.25, 0.3) is 0 Å². The van der Waals surface area contributed by atoms with E-state index < -0.39 is 6.23 Å². The molecule has 2 atom stereocenters. The molecule has 0 aromatic carbocycles. The number of hydrogen-bond acceptors (Lipinski definition) is 4. The molecule has 1 aromatic rings. The van der Waals surface area contributed by atoms with Gasteiger partial charge in [0.1, 0.15) is 5.82 Å². The van der Waals surface area contributed by atoms with Gasteiger partial charge in [-0.15, -0.1) is 0 Å². The molecule has 5 nitrogen and oxygen atoms in total. The minimum absolute atomic E-state index is 0.113. The van der Waals surface area contributed by atoms with Gasteiger partial charge in [-0.2, -0.15) is 5.10 Å². The molecule has 0 fully saturated rings. The van der Waals surface area contributed by atoms with Crippen molar-refractivity contribution in [3.8, 4) is 0 Å². The molecule has 0 bridgehead atoms. The third-order valence-corrected chi connectivity index (χ3v) is 2.27. The molecule has 0 saturated carbocycles. The number of nitrogen functional groups attached to an aromatic ring is 2. The van der Waals surface area contributed by atoms with E-state index in [0.717, 1.165) is 6.42 Å². The predicted octanol–water partition coefficient (Wildman–Crippen LogP) is 0.585. The van der Waals surface area contributed by atoms with Gasteiger partial charge in [-0.25, -0.2) is 4.68 Å². The van der Waals surface area contributed by atoms with Gasteiger partial charge in [0.15, 0.2) is 6.23 Å². The van der Waals surface area contributed by atoms with E-state index in [9.17, 15) is 5.11 Å². The maximum absolute atomic E-state index is 9.75. The highest BCUT2D eigenvalue weighted by atomic mass is 16.3. The number of rotatable bonds is 3. The van der Waals surface area contributed by atoms with E-state index in [1.807, 2.05) is 13.8 Å². The molecule has 74 valence electrons. The number of aromatic nitrogens is 2. The summed E-state index contributed by atoms with van der Waals surface area (Å²) in [7, 11) is 0. The molecule has 13 heavy (non-hydrogen) atoms. The lowest BCUT2D eigenvalue weighted by molar-refractivity contribution is 0.0380. The molecule has 0 amide bonds. The number of nitrogens with two attached hydrogens (primary N) is 2. The van der Waals surface area contributed by atoms with E-state index in [1.165, 1.54) is 10.9 Å². The topological polar surface area (TPSA) is 90.1 Å². The predicted molar refractivity (Wildman–Crippen MR) is 51.8 cm³/mol. The largest absolute Gasteiger partial charge is 0.394 e. The molecule has 0 aliphatic carbocycles. The van der Waals surface area contributed by atoms with Crippen molar-refractivity contribution in [1.82, 2.24) is 9.78 Å². The molecule has 0 saturated heterocycles. The fourth-order valence-electron chi connectivity index (χ4n) is 1.05. The summed E-state index contributed by atoms with van der Waals surface area (Å²) in [6.45, 7) is 3.93. The molecule has 1 aromatic heterocycles. The number of aliphatic hydroxyl groups is 1. The van der Waals surface area contributed by atoms with Gasteiger partial charge in [-0.3, -0.25) is 0 Å². The zero-order valence-electron chi connectivity index (χ0n) is 7.94. The summed E-state index contributed by atoms with van der Waals surface area (Å²) in [6, 6.07) is 0. The summed E-state index contributed by atoms with van der Waals surface area (Å²) in [6.07, 6.45) is 1.61. The van der Waals surface area contributed by atoms with Crippen molar-refractivity contribution in [2.75, 3.05) is 11.5 Å². The van der Waals surface area contributed by atoms with Gasteiger partial charge in [0.05, 0.1) is 11.9 Å². The van der Waals surface area contributed by atoms with Crippen LogP contribution >= 0.6 is 0 Å². The molecule has 5 heteroatoms. The molecule has 1 heterocycles. The van der Waals surface area contributed by atoms with Crippen molar-refractivity contribution < 1.29 is 5.11 Å². The number of aliphatic hydroxyl groups excluding tert-OH is 1. The van der Waals surface area contributed by atoms with Crippen LogP contribution in [0, 0.1) is 5.92 Å². The Hall–Kier alpha value is -1.23.